The first-order valence-electron chi connectivity index (χ1n) is 11.5. The minimum atomic E-state index is -0.358. The minimum Gasteiger partial charge on any atom is -0.439 e. The van der Waals surface area contributed by atoms with Gasteiger partial charge in [0.2, 0.25) is 5.88 Å². The lowest BCUT2D eigenvalue weighted by Gasteiger charge is -2.25. The van der Waals surface area contributed by atoms with E-state index >= 15 is 0 Å². The summed E-state index contributed by atoms with van der Waals surface area (Å²) in [5, 5.41) is 15.3. The van der Waals surface area contributed by atoms with Crippen LogP contribution in [0.1, 0.15) is 38.2 Å². The first-order valence-corrected chi connectivity index (χ1v) is 11.5. The Morgan fingerprint density at radius 1 is 1.19 bits per heavy atom. The van der Waals surface area contributed by atoms with Gasteiger partial charge in [-0.1, -0.05) is 49.7 Å². The molecule has 170 valence electrons. The number of hydrogen-bond acceptors (Lipinski definition) is 4. The zero-order valence-electron chi connectivity index (χ0n) is 18.9. The molecule has 32 heavy (non-hydrogen) atoms. The number of aryl methyl sites for hydroxylation is 1. The van der Waals surface area contributed by atoms with Crippen LogP contribution >= 0.6 is 0 Å². The van der Waals surface area contributed by atoms with Gasteiger partial charge in [0.1, 0.15) is 17.3 Å². The van der Waals surface area contributed by atoms with Crippen LogP contribution in [0.5, 0.6) is 11.6 Å². The molecule has 6 heteroatoms. The Balaban J connectivity index is 1.69. The van der Waals surface area contributed by atoms with E-state index in [9.17, 15) is 9.50 Å². The molecule has 1 heterocycles. The third-order valence-corrected chi connectivity index (χ3v) is 5.83. The summed E-state index contributed by atoms with van der Waals surface area (Å²) in [4.78, 5) is 2.32. The van der Waals surface area contributed by atoms with Gasteiger partial charge in [0.15, 0.2) is 0 Å². The van der Waals surface area contributed by atoms with Crippen LogP contribution in [0.15, 0.2) is 54.6 Å². The average molecular weight is 438 g/mol. The number of aliphatic hydroxyl groups is 1. The molecule has 0 spiro atoms. The molecule has 0 aliphatic heterocycles. The molecule has 0 bridgehead atoms. The van der Waals surface area contributed by atoms with Crippen LogP contribution < -0.4 is 4.74 Å². The van der Waals surface area contributed by atoms with Gasteiger partial charge in [-0.15, -0.1) is 0 Å². The first-order chi connectivity index (χ1) is 15.5. The lowest BCUT2D eigenvalue weighted by molar-refractivity contribution is 0.0979. The second kappa shape index (κ2) is 10.3. The molecule has 3 aromatic rings. The zero-order chi connectivity index (χ0) is 22.5. The highest BCUT2D eigenvalue weighted by atomic mass is 19.1. The van der Waals surface area contributed by atoms with Crippen LogP contribution in [0.4, 0.5) is 4.39 Å². The SMILES string of the molecule is CCC[C@H](O)CN(Cc1c(-c2ccccc2)nn(C)c1Oc1cccc(F)c1)CC1CC1. The van der Waals surface area contributed by atoms with Gasteiger partial charge in [-0.3, -0.25) is 4.90 Å². The molecule has 0 unspecified atom stereocenters. The summed E-state index contributed by atoms with van der Waals surface area (Å²) in [6, 6.07) is 16.2. The number of nitrogens with zero attached hydrogens (tertiary/aromatic N) is 3. The summed E-state index contributed by atoms with van der Waals surface area (Å²) >= 11 is 0. The lowest BCUT2D eigenvalue weighted by Crippen LogP contribution is -2.33. The fourth-order valence-electron chi connectivity index (χ4n) is 4.11. The molecule has 1 aromatic heterocycles. The molecule has 2 aromatic carbocycles. The van der Waals surface area contributed by atoms with E-state index in [0.29, 0.717) is 30.6 Å². The Morgan fingerprint density at radius 2 is 1.97 bits per heavy atom. The second-order valence-corrected chi connectivity index (χ2v) is 8.76. The molecule has 1 aliphatic carbocycles. The number of ether oxygens (including phenoxy) is 1. The minimum absolute atomic E-state index is 0.340. The van der Waals surface area contributed by atoms with Crippen LogP contribution in [0.2, 0.25) is 0 Å². The Hall–Kier alpha value is -2.70. The van der Waals surface area contributed by atoms with Crippen molar-refractivity contribution < 1.29 is 14.2 Å². The topological polar surface area (TPSA) is 50.5 Å². The summed E-state index contributed by atoms with van der Waals surface area (Å²) in [6.45, 7) is 4.27. The summed E-state index contributed by atoms with van der Waals surface area (Å²) in [6.07, 6.45) is 3.86. The van der Waals surface area contributed by atoms with Gasteiger partial charge >= 0.3 is 0 Å². The predicted octanol–water partition coefficient (Wildman–Crippen LogP) is 5.39. The quantitative estimate of drug-likeness (QED) is 0.437. The van der Waals surface area contributed by atoms with E-state index in [2.05, 4.69) is 11.8 Å². The number of rotatable bonds is 11. The van der Waals surface area contributed by atoms with Gasteiger partial charge in [0, 0.05) is 38.3 Å². The van der Waals surface area contributed by atoms with Gasteiger partial charge in [-0.25, -0.2) is 9.07 Å². The molecule has 0 saturated heterocycles. The number of hydrogen-bond donors (Lipinski definition) is 1. The molecule has 4 rings (SSSR count). The maximum absolute atomic E-state index is 13.8. The molecular weight excluding hydrogens is 405 g/mol. The van der Waals surface area contributed by atoms with E-state index in [1.54, 1.807) is 16.8 Å². The molecule has 5 nitrogen and oxygen atoms in total. The fourth-order valence-corrected chi connectivity index (χ4v) is 4.11. The molecule has 1 atom stereocenters. The summed E-state index contributed by atoms with van der Waals surface area (Å²) < 4.78 is 21.7. The van der Waals surface area contributed by atoms with Crippen LogP contribution in [0.3, 0.4) is 0 Å². The van der Waals surface area contributed by atoms with Crippen molar-refractivity contribution in [3.63, 3.8) is 0 Å². The van der Waals surface area contributed by atoms with Crippen molar-refractivity contribution in [2.45, 2.75) is 45.3 Å². The van der Waals surface area contributed by atoms with Gasteiger partial charge in [-0.2, -0.15) is 5.10 Å². The first kappa shape index (κ1) is 22.5. The highest BCUT2D eigenvalue weighted by molar-refractivity contribution is 5.65. The molecule has 1 saturated carbocycles. The van der Waals surface area contributed by atoms with Gasteiger partial charge < -0.3 is 9.84 Å². The van der Waals surface area contributed by atoms with Gasteiger partial charge in [0.25, 0.3) is 0 Å². The number of benzene rings is 2. The van der Waals surface area contributed by atoms with E-state index in [1.165, 1.54) is 25.0 Å². The monoisotopic (exact) mass is 437 g/mol. The van der Waals surface area contributed by atoms with Crippen molar-refractivity contribution in [1.29, 1.82) is 0 Å². The molecular formula is C26H32FN3O2. The number of aliphatic hydroxyl groups excluding tert-OH is 1. The van der Waals surface area contributed by atoms with Gasteiger partial charge in [0.05, 0.1) is 11.7 Å². The Kier molecular flexibility index (Phi) is 7.22. The zero-order valence-corrected chi connectivity index (χ0v) is 18.9. The standard InChI is InChI=1S/C26H32FN3O2/c1-3-8-22(31)17-30(16-19-13-14-19)18-24-25(20-9-5-4-6-10-20)28-29(2)26(24)32-23-12-7-11-21(27)15-23/h4-7,9-12,15,19,22,31H,3,8,13-14,16-18H2,1-2H3/t22-/m0/s1. The summed E-state index contributed by atoms with van der Waals surface area (Å²) in [5.41, 5.74) is 2.81. The second-order valence-electron chi connectivity index (χ2n) is 8.76. The van der Waals surface area contributed by atoms with Crippen LogP contribution in [-0.4, -0.2) is 39.0 Å². The van der Waals surface area contributed by atoms with Crippen molar-refractivity contribution in [2.24, 2.45) is 13.0 Å². The lowest BCUT2D eigenvalue weighted by atomic mass is 10.1. The number of halogens is 1. The van der Waals surface area contributed by atoms with Crippen molar-refractivity contribution in [3.8, 4) is 22.9 Å². The van der Waals surface area contributed by atoms with E-state index < -0.39 is 0 Å². The summed E-state index contributed by atoms with van der Waals surface area (Å²) in [5.74, 6) is 1.38. The van der Waals surface area contributed by atoms with Crippen molar-refractivity contribution >= 4 is 0 Å². The predicted molar refractivity (Wildman–Crippen MR) is 124 cm³/mol. The normalized spacial score (nSPS) is 14.7. The average Bonchev–Trinajstić information content (AvgIpc) is 3.54. The van der Waals surface area contributed by atoms with Crippen molar-refractivity contribution in [3.05, 3.63) is 66.0 Å². The molecule has 0 radical (unpaired) electrons. The molecule has 1 aliphatic rings. The van der Waals surface area contributed by atoms with E-state index in [4.69, 9.17) is 9.84 Å². The Labute approximate surface area is 189 Å². The maximum atomic E-state index is 13.8. The molecule has 0 amide bonds. The van der Waals surface area contributed by atoms with E-state index in [1.807, 2.05) is 37.4 Å². The van der Waals surface area contributed by atoms with Crippen molar-refractivity contribution in [2.75, 3.05) is 13.1 Å². The van der Waals surface area contributed by atoms with Crippen LogP contribution in [0, 0.1) is 11.7 Å². The smallest absolute Gasteiger partial charge is 0.222 e. The third kappa shape index (κ3) is 5.75. The Bertz CT molecular complexity index is 1020. The van der Waals surface area contributed by atoms with Crippen molar-refractivity contribution in [1.82, 2.24) is 14.7 Å². The highest BCUT2D eigenvalue weighted by Gasteiger charge is 2.28. The van der Waals surface area contributed by atoms with Gasteiger partial charge in [-0.05, 0) is 37.3 Å². The largest absolute Gasteiger partial charge is 0.439 e. The molecule has 1 fully saturated rings. The summed E-state index contributed by atoms with van der Waals surface area (Å²) in [7, 11) is 1.85. The third-order valence-electron chi connectivity index (χ3n) is 5.83. The number of aromatic nitrogens is 2. The highest BCUT2D eigenvalue weighted by Crippen LogP contribution is 2.36. The molecule has 1 N–H and O–H groups in total. The Morgan fingerprint density at radius 3 is 2.66 bits per heavy atom. The van der Waals surface area contributed by atoms with E-state index in [-0.39, 0.29) is 11.9 Å². The fraction of sp³-hybridized carbons (Fsp3) is 0.423. The van der Waals surface area contributed by atoms with Crippen LogP contribution in [0.25, 0.3) is 11.3 Å². The van der Waals surface area contributed by atoms with Crippen LogP contribution in [-0.2, 0) is 13.6 Å². The maximum Gasteiger partial charge on any atom is 0.222 e. The van der Waals surface area contributed by atoms with E-state index in [0.717, 1.165) is 36.2 Å².